The zero-order chi connectivity index (χ0) is 40.2. The number of rotatable bonds is 6. The van der Waals surface area contributed by atoms with Gasteiger partial charge in [0.15, 0.2) is 11.6 Å². The molecule has 0 bridgehead atoms. The Labute approximate surface area is 328 Å². The van der Waals surface area contributed by atoms with E-state index in [9.17, 15) is 41.9 Å². The molecule has 3 aliphatic heterocycles. The highest BCUT2D eigenvalue weighted by atomic mass is 32.2. The van der Waals surface area contributed by atoms with Gasteiger partial charge in [0.25, 0.3) is 11.8 Å². The van der Waals surface area contributed by atoms with E-state index in [2.05, 4.69) is 20.3 Å². The number of benzene rings is 1. The molecule has 2 aromatic rings. The van der Waals surface area contributed by atoms with Crippen LogP contribution < -0.4 is 15.4 Å². The van der Waals surface area contributed by atoms with Gasteiger partial charge in [0.1, 0.15) is 33.9 Å². The molecular formula is C38H47FN6O9S2. The van der Waals surface area contributed by atoms with E-state index >= 15 is 0 Å². The quantitative estimate of drug-likeness (QED) is 0.313. The maximum Gasteiger partial charge on any atom is 0.408 e. The molecule has 4 fully saturated rings. The number of ether oxygens (including phenoxy) is 1. The van der Waals surface area contributed by atoms with Crippen molar-refractivity contribution in [1.29, 1.82) is 0 Å². The summed E-state index contributed by atoms with van der Waals surface area (Å²) in [7, 11) is -3.94. The number of hydrogen-bond acceptors (Lipinski definition) is 11. The number of aromatic nitrogens is 1. The molecule has 1 aromatic heterocycles. The second-order valence-corrected chi connectivity index (χ2v) is 19.3. The van der Waals surface area contributed by atoms with Crippen molar-refractivity contribution in [2.75, 3.05) is 19.6 Å². The minimum atomic E-state index is -3.94. The lowest BCUT2D eigenvalue weighted by atomic mass is 9.93. The van der Waals surface area contributed by atoms with Crippen molar-refractivity contribution in [3.63, 3.8) is 0 Å². The van der Waals surface area contributed by atoms with Crippen LogP contribution in [0.1, 0.15) is 82.6 Å². The topological polar surface area (TPSA) is 204 Å². The van der Waals surface area contributed by atoms with Crippen LogP contribution in [-0.2, 0) is 29.1 Å². The summed E-state index contributed by atoms with van der Waals surface area (Å²) < 4.78 is 47.5. The summed E-state index contributed by atoms with van der Waals surface area (Å²) in [6.45, 7) is 5.44. The number of fused-ring (bicyclic) bond motifs is 4. The van der Waals surface area contributed by atoms with Crippen molar-refractivity contribution >= 4 is 51.1 Å². The van der Waals surface area contributed by atoms with Crippen LogP contribution >= 0.6 is 11.3 Å². The molecule has 302 valence electrons. The number of alkyl carbamates (subject to hydrolysis) is 1. The molecule has 0 unspecified atom stereocenters. The maximum atomic E-state index is 14.6. The van der Waals surface area contributed by atoms with E-state index in [1.54, 1.807) is 31.1 Å². The molecule has 4 N–H and O–H groups in total. The first-order valence-corrected chi connectivity index (χ1v) is 21.5. The smallest absolute Gasteiger partial charge is 0.408 e. The summed E-state index contributed by atoms with van der Waals surface area (Å²) in [5.41, 5.74) is -1.90. The SMILES string of the molecule is CC(C)(C)OC(=O)N[C@H]1CCCCC/C=C\[C@@H]2C[C@@]2(C(=O)NS(=O)(=O)C2CC2)NC(=O)[C@@H]2[C@H]3CN(C(=O)c4csc(-c5ccc(O)c(F)c5)n4)C[C@H]3CN2C1=O. The number of allylic oxidation sites excluding steroid dienone is 1. The molecule has 6 atom stereocenters. The number of phenols is 1. The highest BCUT2D eigenvalue weighted by Gasteiger charge is 2.63. The molecule has 15 nitrogen and oxygen atoms in total. The highest BCUT2D eigenvalue weighted by molar-refractivity contribution is 7.91. The Kier molecular flexibility index (Phi) is 10.7. The summed E-state index contributed by atoms with van der Waals surface area (Å²) in [4.78, 5) is 77.2. The number of sulfonamides is 1. The number of amides is 5. The lowest BCUT2D eigenvalue weighted by Crippen LogP contribution is -2.60. The van der Waals surface area contributed by atoms with Gasteiger partial charge in [-0.2, -0.15) is 0 Å². The second-order valence-electron chi connectivity index (χ2n) is 16.5. The molecule has 5 amide bonds. The van der Waals surface area contributed by atoms with Crippen LogP contribution in [0.2, 0.25) is 0 Å². The van der Waals surface area contributed by atoms with E-state index in [0.717, 1.165) is 30.2 Å². The molecule has 4 heterocycles. The van der Waals surface area contributed by atoms with Crippen LogP contribution in [0.15, 0.2) is 35.7 Å². The average molecular weight is 815 g/mol. The minimum absolute atomic E-state index is 0.0643. The zero-order valence-corrected chi connectivity index (χ0v) is 33.1. The first kappa shape index (κ1) is 39.6. The number of thiazole rings is 1. The van der Waals surface area contributed by atoms with Gasteiger partial charge in [0.05, 0.1) is 5.25 Å². The van der Waals surface area contributed by atoms with Crippen molar-refractivity contribution in [3.8, 4) is 16.3 Å². The van der Waals surface area contributed by atoms with Gasteiger partial charge in [0, 0.05) is 48.3 Å². The zero-order valence-electron chi connectivity index (χ0n) is 31.5. The fourth-order valence-electron chi connectivity index (χ4n) is 7.99. The first-order chi connectivity index (χ1) is 26.5. The van der Waals surface area contributed by atoms with Gasteiger partial charge in [-0.3, -0.25) is 23.9 Å². The predicted molar refractivity (Wildman–Crippen MR) is 202 cm³/mol. The summed E-state index contributed by atoms with van der Waals surface area (Å²) in [5.74, 6) is -5.15. The van der Waals surface area contributed by atoms with Crippen LogP contribution in [0.4, 0.5) is 9.18 Å². The molecule has 5 aliphatic rings. The van der Waals surface area contributed by atoms with E-state index in [4.69, 9.17) is 4.74 Å². The number of halogens is 1. The molecule has 0 radical (unpaired) electrons. The molecule has 1 aromatic carbocycles. The van der Waals surface area contributed by atoms with Crippen molar-refractivity contribution in [3.05, 3.63) is 47.2 Å². The van der Waals surface area contributed by atoms with Crippen molar-refractivity contribution in [2.45, 2.75) is 101 Å². The number of likely N-dealkylation sites (tertiary alicyclic amines) is 1. The third-order valence-corrected chi connectivity index (χ3v) is 13.8. The summed E-state index contributed by atoms with van der Waals surface area (Å²) in [6.07, 6.45) is 7.09. The number of phenolic OH excluding ortho intramolecular Hbond substituents is 1. The number of nitrogens with zero attached hydrogens (tertiary/aromatic N) is 3. The van der Waals surface area contributed by atoms with Crippen LogP contribution in [0.3, 0.4) is 0 Å². The Bertz CT molecular complexity index is 2060. The Morgan fingerprint density at radius 1 is 1.09 bits per heavy atom. The van der Waals surface area contributed by atoms with Gasteiger partial charge in [-0.15, -0.1) is 11.3 Å². The minimum Gasteiger partial charge on any atom is -0.505 e. The van der Waals surface area contributed by atoms with Gasteiger partial charge >= 0.3 is 6.09 Å². The molecule has 56 heavy (non-hydrogen) atoms. The fraction of sp³-hybridized carbons (Fsp3) is 0.579. The van der Waals surface area contributed by atoms with Gasteiger partial charge in [-0.05, 0) is 77.5 Å². The Hall–Kier alpha value is -4.58. The summed E-state index contributed by atoms with van der Waals surface area (Å²) in [5, 5.41) is 16.5. The standard InChI is InChI=1S/C38H47FN6O9S2/c1-37(2,3)54-36(51)41-27-10-8-6-4-5-7-9-23-16-38(23,35(50)43-56(52,53)24-12-13-24)42-31(47)30-25-19-44(17-22(25)18-45(30)34(27)49)33(48)28-20-55-32(40-28)21-11-14-29(46)26(39)15-21/h7,9,11,14-15,20,22-25,27,30,46H,4-6,8,10,12-13,16-19H2,1-3H3,(H,41,51)(H,42,47)(H,43,50)/b9-7-/t22-,23+,25-,27-,30-,38+/m0/s1. The molecule has 2 saturated carbocycles. The number of carbonyl (C=O) groups is 5. The lowest BCUT2D eigenvalue weighted by Gasteiger charge is -2.33. The highest BCUT2D eigenvalue weighted by Crippen LogP contribution is 2.47. The van der Waals surface area contributed by atoms with Crippen molar-refractivity contribution in [1.82, 2.24) is 30.1 Å². The Balaban J connectivity index is 1.17. The van der Waals surface area contributed by atoms with Crippen LogP contribution in [-0.4, -0.2) is 106 Å². The van der Waals surface area contributed by atoms with Crippen LogP contribution in [0.5, 0.6) is 5.75 Å². The summed E-state index contributed by atoms with van der Waals surface area (Å²) >= 11 is 1.13. The average Bonchev–Trinajstić information content (AvgIpc) is 3.94. The van der Waals surface area contributed by atoms with Crippen LogP contribution in [0, 0.1) is 23.6 Å². The molecule has 0 spiro atoms. The molecule has 2 aliphatic carbocycles. The third kappa shape index (κ3) is 8.26. The number of carbonyl (C=O) groups excluding carboxylic acids is 5. The molecule has 2 saturated heterocycles. The van der Waals surface area contributed by atoms with Crippen molar-refractivity contribution in [2.24, 2.45) is 17.8 Å². The van der Waals surface area contributed by atoms with E-state index in [1.807, 2.05) is 12.2 Å². The van der Waals surface area contributed by atoms with E-state index in [0.29, 0.717) is 36.3 Å². The molecule has 7 rings (SSSR count). The van der Waals surface area contributed by atoms with E-state index in [1.165, 1.54) is 17.0 Å². The van der Waals surface area contributed by atoms with E-state index < -0.39 is 91.6 Å². The van der Waals surface area contributed by atoms with Gasteiger partial charge in [-0.25, -0.2) is 22.6 Å². The largest absolute Gasteiger partial charge is 0.505 e. The number of hydrogen-bond donors (Lipinski definition) is 4. The monoisotopic (exact) mass is 814 g/mol. The molecular weight excluding hydrogens is 768 g/mol. The second kappa shape index (κ2) is 15.1. The fourth-order valence-corrected chi connectivity index (χ4v) is 10.1. The van der Waals surface area contributed by atoms with Crippen LogP contribution in [0.25, 0.3) is 10.6 Å². The van der Waals surface area contributed by atoms with Gasteiger partial charge in [-0.1, -0.05) is 25.0 Å². The third-order valence-electron chi connectivity index (χ3n) is 11.1. The maximum absolute atomic E-state index is 14.6. The van der Waals surface area contributed by atoms with E-state index in [-0.39, 0.29) is 44.1 Å². The lowest BCUT2D eigenvalue weighted by molar-refractivity contribution is -0.142. The molecule has 18 heteroatoms. The van der Waals surface area contributed by atoms with Crippen molar-refractivity contribution < 1.29 is 46.6 Å². The Morgan fingerprint density at radius 2 is 1.86 bits per heavy atom. The normalized spacial score (nSPS) is 28.8. The van der Waals surface area contributed by atoms with Gasteiger partial charge < -0.3 is 30.3 Å². The Morgan fingerprint density at radius 3 is 2.57 bits per heavy atom. The predicted octanol–water partition coefficient (Wildman–Crippen LogP) is 3.45. The summed E-state index contributed by atoms with van der Waals surface area (Å²) in [6, 6.07) is 1.63. The number of nitrogens with one attached hydrogen (secondary N) is 3. The van der Waals surface area contributed by atoms with Gasteiger partial charge in [0.2, 0.25) is 21.8 Å². The number of aromatic hydroxyl groups is 1. The first-order valence-electron chi connectivity index (χ1n) is 19.0.